The third-order valence-electron chi connectivity index (χ3n) is 3.72. The molecule has 2 amide bonds. The van der Waals surface area contributed by atoms with E-state index in [1.807, 2.05) is 18.7 Å². The van der Waals surface area contributed by atoms with Gasteiger partial charge in [-0.15, -0.1) is 0 Å². The molecule has 1 saturated carbocycles. The van der Waals surface area contributed by atoms with Gasteiger partial charge in [0.1, 0.15) is 0 Å². The molecule has 0 heterocycles. The van der Waals surface area contributed by atoms with Crippen molar-refractivity contribution in [2.75, 3.05) is 13.1 Å². The lowest BCUT2D eigenvalue weighted by Crippen LogP contribution is -2.46. The summed E-state index contributed by atoms with van der Waals surface area (Å²) >= 11 is 0. The van der Waals surface area contributed by atoms with Crippen molar-refractivity contribution < 1.29 is 4.79 Å². The number of amides is 2. The Morgan fingerprint density at radius 3 is 2.19 bits per heavy atom. The molecule has 16 heavy (non-hydrogen) atoms. The average molecular weight is 226 g/mol. The Bertz CT molecular complexity index is 224. The van der Waals surface area contributed by atoms with E-state index in [-0.39, 0.29) is 6.03 Å². The summed E-state index contributed by atoms with van der Waals surface area (Å²) in [6.45, 7) is 10.3. The molecule has 0 bridgehead atoms. The Morgan fingerprint density at radius 2 is 1.75 bits per heavy atom. The van der Waals surface area contributed by atoms with Gasteiger partial charge >= 0.3 is 6.03 Å². The summed E-state index contributed by atoms with van der Waals surface area (Å²) < 4.78 is 0. The highest BCUT2D eigenvalue weighted by molar-refractivity contribution is 5.74. The van der Waals surface area contributed by atoms with E-state index in [1.165, 1.54) is 12.8 Å². The molecule has 1 rings (SSSR count). The summed E-state index contributed by atoms with van der Waals surface area (Å²) in [5, 5.41) is 3.15. The van der Waals surface area contributed by atoms with Crippen molar-refractivity contribution in [2.24, 2.45) is 5.41 Å². The van der Waals surface area contributed by atoms with Gasteiger partial charge in [-0.3, -0.25) is 0 Å². The van der Waals surface area contributed by atoms with Crippen LogP contribution in [0.1, 0.15) is 53.4 Å². The first-order chi connectivity index (χ1) is 7.48. The van der Waals surface area contributed by atoms with Gasteiger partial charge in [-0.2, -0.15) is 0 Å². The Morgan fingerprint density at radius 1 is 1.25 bits per heavy atom. The Kier molecular flexibility index (Phi) is 4.63. The molecule has 0 aromatic heterocycles. The third-order valence-corrected chi connectivity index (χ3v) is 3.72. The van der Waals surface area contributed by atoms with E-state index in [0.717, 1.165) is 25.9 Å². The van der Waals surface area contributed by atoms with Crippen LogP contribution >= 0.6 is 0 Å². The lowest BCUT2D eigenvalue weighted by Gasteiger charge is -2.35. The highest BCUT2D eigenvalue weighted by Gasteiger charge is 2.28. The fourth-order valence-electron chi connectivity index (χ4n) is 2.32. The van der Waals surface area contributed by atoms with Crippen molar-refractivity contribution in [1.82, 2.24) is 10.2 Å². The molecule has 1 N–H and O–H groups in total. The van der Waals surface area contributed by atoms with E-state index >= 15 is 0 Å². The fraction of sp³-hybridized carbons (Fsp3) is 0.923. The van der Waals surface area contributed by atoms with Crippen molar-refractivity contribution in [1.29, 1.82) is 0 Å². The molecule has 0 spiro atoms. The summed E-state index contributed by atoms with van der Waals surface area (Å²) in [5.41, 5.74) is 0.469. The number of nitrogens with zero attached hydrogens (tertiary/aromatic N) is 1. The van der Waals surface area contributed by atoms with Gasteiger partial charge in [-0.05, 0) is 44.9 Å². The molecular formula is C13H26N2O. The lowest BCUT2D eigenvalue weighted by atomic mass is 9.75. The standard InChI is InChI=1S/C13H26N2O/c1-5-15(6-2)12(16)14-11-7-9-13(3,4)10-8-11/h11H,5-10H2,1-4H3,(H,14,16). The largest absolute Gasteiger partial charge is 0.335 e. The third kappa shape index (κ3) is 3.69. The SMILES string of the molecule is CCN(CC)C(=O)NC1CCC(C)(C)CC1. The second kappa shape index (κ2) is 5.55. The quantitative estimate of drug-likeness (QED) is 0.788. The van der Waals surface area contributed by atoms with Crippen LogP contribution < -0.4 is 5.32 Å². The van der Waals surface area contributed by atoms with Crippen LogP contribution in [0, 0.1) is 5.41 Å². The summed E-state index contributed by atoms with van der Waals surface area (Å²) in [4.78, 5) is 13.7. The normalized spacial score (nSPS) is 20.5. The molecule has 3 nitrogen and oxygen atoms in total. The predicted molar refractivity (Wildman–Crippen MR) is 67.5 cm³/mol. The maximum atomic E-state index is 11.8. The smallest absolute Gasteiger partial charge is 0.317 e. The van der Waals surface area contributed by atoms with E-state index in [0.29, 0.717) is 11.5 Å². The first-order valence-corrected chi connectivity index (χ1v) is 6.54. The lowest BCUT2D eigenvalue weighted by molar-refractivity contribution is 0.177. The first kappa shape index (κ1) is 13.3. The van der Waals surface area contributed by atoms with Gasteiger partial charge in [0.25, 0.3) is 0 Å². The van der Waals surface area contributed by atoms with Gasteiger partial charge in [0.05, 0.1) is 0 Å². The minimum atomic E-state index is 0.106. The number of hydrogen-bond donors (Lipinski definition) is 1. The van der Waals surface area contributed by atoms with E-state index in [1.54, 1.807) is 0 Å². The maximum Gasteiger partial charge on any atom is 0.317 e. The van der Waals surface area contributed by atoms with Crippen LogP contribution in [0.4, 0.5) is 4.79 Å². The summed E-state index contributed by atoms with van der Waals surface area (Å²) in [6, 6.07) is 0.496. The van der Waals surface area contributed by atoms with Crippen molar-refractivity contribution in [3.05, 3.63) is 0 Å². The van der Waals surface area contributed by atoms with E-state index in [9.17, 15) is 4.79 Å². The van der Waals surface area contributed by atoms with Gasteiger partial charge in [0, 0.05) is 19.1 Å². The predicted octanol–water partition coefficient (Wildman–Crippen LogP) is 3.01. The van der Waals surface area contributed by atoms with Crippen molar-refractivity contribution in [3.63, 3.8) is 0 Å². The molecule has 0 aliphatic heterocycles. The van der Waals surface area contributed by atoms with Crippen LogP contribution in [-0.4, -0.2) is 30.1 Å². The zero-order valence-electron chi connectivity index (χ0n) is 11.2. The first-order valence-electron chi connectivity index (χ1n) is 6.54. The van der Waals surface area contributed by atoms with Crippen LogP contribution in [0.15, 0.2) is 0 Å². The molecule has 1 aliphatic carbocycles. The molecule has 0 aromatic carbocycles. The zero-order chi connectivity index (χ0) is 12.2. The summed E-state index contributed by atoms with van der Waals surface area (Å²) in [7, 11) is 0. The number of carbonyl (C=O) groups is 1. The number of urea groups is 1. The van der Waals surface area contributed by atoms with E-state index in [2.05, 4.69) is 19.2 Å². The Balaban J connectivity index is 2.36. The number of rotatable bonds is 3. The second-order valence-corrected chi connectivity index (χ2v) is 5.56. The number of hydrogen-bond acceptors (Lipinski definition) is 1. The minimum Gasteiger partial charge on any atom is -0.335 e. The van der Waals surface area contributed by atoms with E-state index < -0.39 is 0 Å². The van der Waals surface area contributed by atoms with Crippen LogP contribution in [-0.2, 0) is 0 Å². The van der Waals surface area contributed by atoms with E-state index in [4.69, 9.17) is 0 Å². The van der Waals surface area contributed by atoms with Crippen LogP contribution in [0.2, 0.25) is 0 Å². The van der Waals surface area contributed by atoms with Gasteiger partial charge in [-0.25, -0.2) is 4.79 Å². The van der Waals surface area contributed by atoms with Crippen LogP contribution in [0.25, 0.3) is 0 Å². The van der Waals surface area contributed by atoms with Crippen molar-refractivity contribution >= 4 is 6.03 Å². The molecule has 1 fully saturated rings. The van der Waals surface area contributed by atoms with Crippen LogP contribution in [0.3, 0.4) is 0 Å². The molecule has 0 aromatic rings. The number of carbonyl (C=O) groups excluding carboxylic acids is 1. The average Bonchev–Trinajstić information content (AvgIpc) is 2.23. The van der Waals surface area contributed by atoms with Crippen molar-refractivity contribution in [3.8, 4) is 0 Å². The van der Waals surface area contributed by atoms with Gasteiger partial charge in [0.2, 0.25) is 0 Å². The molecule has 3 heteroatoms. The molecule has 0 radical (unpaired) electrons. The molecule has 1 aliphatic rings. The topological polar surface area (TPSA) is 32.3 Å². The molecule has 0 unspecified atom stereocenters. The van der Waals surface area contributed by atoms with Gasteiger partial charge in [0.15, 0.2) is 0 Å². The minimum absolute atomic E-state index is 0.106. The van der Waals surface area contributed by atoms with Crippen molar-refractivity contribution in [2.45, 2.75) is 59.4 Å². The summed E-state index contributed by atoms with van der Waals surface area (Å²) in [6.07, 6.45) is 4.69. The molecule has 94 valence electrons. The maximum absolute atomic E-state index is 11.8. The van der Waals surface area contributed by atoms with Gasteiger partial charge < -0.3 is 10.2 Å². The van der Waals surface area contributed by atoms with Crippen LogP contribution in [0.5, 0.6) is 0 Å². The Hall–Kier alpha value is -0.730. The highest BCUT2D eigenvalue weighted by Crippen LogP contribution is 2.34. The highest BCUT2D eigenvalue weighted by atomic mass is 16.2. The van der Waals surface area contributed by atoms with Gasteiger partial charge in [-0.1, -0.05) is 13.8 Å². The summed E-state index contributed by atoms with van der Waals surface area (Å²) in [5.74, 6) is 0. The monoisotopic (exact) mass is 226 g/mol. The molecular weight excluding hydrogens is 200 g/mol. The second-order valence-electron chi connectivity index (χ2n) is 5.56. The molecule has 0 saturated heterocycles. The Labute approximate surface area is 99.6 Å². The number of nitrogens with one attached hydrogen (secondary N) is 1. The fourth-order valence-corrected chi connectivity index (χ4v) is 2.32. The zero-order valence-corrected chi connectivity index (χ0v) is 11.2. The molecule has 0 atom stereocenters.